The van der Waals surface area contributed by atoms with Crippen molar-refractivity contribution in [2.45, 2.75) is 64.3 Å². The van der Waals surface area contributed by atoms with Crippen molar-refractivity contribution >= 4 is 11.8 Å². The number of ether oxygens (including phenoxy) is 1. The second kappa shape index (κ2) is 6.77. The molecule has 6 heteroatoms. The van der Waals surface area contributed by atoms with Crippen molar-refractivity contribution in [3.05, 3.63) is 0 Å². The minimum absolute atomic E-state index is 0.0303. The van der Waals surface area contributed by atoms with Crippen molar-refractivity contribution < 1.29 is 14.3 Å². The van der Waals surface area contributed by atoms with Crippen molar-refractivity contribution in [2.75, 3.05) is 26.2 Å². The molecule has 2 heterocycles. The Bertz CT molecular complexity index is 456. The Hall–Kier alpha value is -1.14. The number of rotatable bonds is 5. The maximum Gasteiger partial charge on any atom is 0.225 e. The Morgan fingerprint density at radius 2 is 1.91 bits per heavy atom. The molecule has 3 aliphatic rings. The summed E-state index contributed by atoms with van der Waals surface area (Å²) >= 11 is 0. The smallest absolute Gasteiger partial charge is 0.225 e. The van der Waals surface area contributed by atoms with Crippen molar-refractivity contribution in [1.82, 2.24) is 15.1 Å². The lowest BCUT2D eigenvalue weighted by atomic mass is 10.1. The lowest BCUT2D eigenvalue weighted by Crippen LogP contribution is -2.52. The van der Waals surface area contributed by atoms with E-state index in [0.29, 0.717) is 25.6 Å². The molecule has 4 atom stereocenters. The van der Waals surface area contributed by atoms with E-state index in [1.807, 2.05) is 4.90 Å². The second-order valence-electron chi connectivity index (χ2n) is 7.48. The first-order valence-electron chi connectivity index (χ1n) is 8.90. The average molecular weight is 323 g/mol. The molecule has 0 unspecified atom stereocenters. The number of nitrogens with one attached hydrogen (secondary N) is 1. The van der Waals surface area contributed by atoms with E-state index in [9.17, 15) is 9.59 Å². The van der Waals surface area contributed by atoms with Gasteiger partial charge in [0.15, 0.2) is 0 Å². The van der Waals surface area contributed by atoms with Crippen molar-refractivity contribution in [3.8, 4) is 0 Å². The zero-order valence-corrected chi connectivity index (χ0v) is 14.5. The van der Waals surface area contributed by atoms with Gasteiger partial charge in [-0.05, 0) is 33.6 Å². The normalized spacial score (nSPS) is 33.8. The monoisotopic (exact) mass is 323 g/mol. The number of carbonyl (C=O) groups is 2. The van der Waals surface area contributed by atoms with Crippen molar-refractivity contribution in [1.29, 1.82) is 0 Å². The van der Waals surface area contributed by atoms with Crippen LogP contribution in [0.5, 0.6) is 0 Å². The van der Waals surface area contributed by atoms with Gasteiger partial charge in [-0.1, -0.05) is 0 Å². The molecule has 0 aromatic rings. The van der Waals surface area contributed by atoms with E-state index in [4.69, 9.17) is 4.74 Å². The summed E-state index contributed by atoms with van der Waals surface area (Å²) in [6, 6.07) is 0.694. The van der Waals surface area contributed by atoms with Gasteiger partial charge >= 0.3 is 0 Å². The molecule has 3 rings (SSSR count). The third-order valence-electron chi connectivity index (χ3n) is 5.16. The molecule has 0 bridgehead atoms. The Morgan fingerprint density at radius 3 is 2.52 bits per heavy atom. The summed E-state index contributed by atoms with van der Waals surface area (Å²) in [5.74, 6) is 0.0112. The van der Waals surface area contributed by atoms with Crippen molar-refractivity contribution in [3.63, 3.8) is 0 Å². The molecule has 0 aromatic carbocycles. The zero-order valence-electron chi connectivity index (χ0n) is 14.5. The quantitative estimate of drug-likeness (QED) is 0.805. The predicted molar refractivity (Wildman–Crippen MR) is 86.9 cm³/mol. The summed E-state index contributed by atoms with van der Waals surface area (Å²) in [7, 11) is 0. The highest BCUT2D eigenvalue weighted by molar-refractivity contribution is 5.89. The lowest BCUT2D eigenvalue weighted by molar-refractivity contribution is -0.129. The Morgan fingerprint density at radius 1 is 1.26 bits per heavy atom. The number of carbonyl (C=O) groups excluding carboxylic acids is 2. The fourth-order valence-corrected chi connectivity index (χ4v) is 3.75. The highest BCUT2D eigenvalue weighted by Gasteiger charge is 2.41. The van der Waals surface area contributed by atoms with E-state index in [2.05, 4.69) is 31.0 Å². The molecule has 6 nitrogen and oxygen atoms in total. The summed E-state index contributed by atoms with van der Waals surface area (Å²) in [5, 5.41) is 3.05. The third-order valence-corrected chi connectivity index (χ3v) is 5.16. The lowest BCUT2D eigenvalue weighted by Gasteiger charge is -2.39. The number of hydrogen-bond donors (Lipinski definition) is 1. The fourth-order valence-electron chi connectivity index (χ4n) is 3.75. The molecule has 0 aromatic heterocycles. The van der Waals surface area contributed by atoms with Gasteiger partial charge in [-0.15, -0.1) is 0 Å². The molecule has 0 spiro atoms. The second-order valence-corrected chi connectivity index (χ2v) is 7.48. The summed E-state index contributed by atoms with van der Waals surface area (Å²) in [5.41, 5.74) is 0. The fraction of sp³-hybridized carbons (Fsp3) is 0.882. The van der Waals surface area contributed by atoms with Gasteiger partial charge in [-0.2, -0.15) is 0 Å². The SMILES string of the molecule is C[C@@H]1CN([C@H](C)CNC(=O)[C@H]2CC(=O)N(C3CC3)C2)C[C@@H](C)O1. The molecular weight excluding hydrogens is 294 g/mol. The van der Waals surface area contributed by atoms with Crippen LogP contribution in [0, 0.1) is 5.92 Å². The molecule has 3 fully saturated rings. The molecule has 1 saturated carbocycles. The van der Waals surface area contributed by atoms with E-state index in [-0.39, 0.29) is 36.0 Å². The Balaban J connectivity index is 1.44. The largest absolute Gasteiger partial charge is 0.373 e. The van der Waals surface area contributed by atoms with Crippen LogP contribution in [0.25, 0.3) is 0 Å². The Labute approximate surface area is 138 Å². The number of amides is 2. The van der Waals surface area contributed by atoms with Crippen LogP contribution >= 0.6 is 0 Å². The topological polar surface area (TPSA) is 61.9 Å². The molecule has 1 N–H and O–H groups in total. The van der Waals surface area contributed by atoms with Gasteiger partial charge in [0.1, 0.15) is 0 Å². The van der Waals surface area contributed by atoms with Gasteiger partial charge in [-0.25, -0.2) is 0 Å². The number of nitrogens with zero attached hydrogens (tertiary/aromatic N) is 2. The summed E-state index contributed by atoms with van der Waals surface area (Å²) in [4.78, 5) is 28.6. The van der Waals surface area contributed by atoms with Crippen LogP contribution in [0.2, 0.25) is 0 Å². The standard InChI is InChI=1S/C17H29N3O3/c1-11(19-8-12(2)23-13(3)9-19)7-18-17(22)14-6-16(21)20(10-14)15-4-5-15/h11-15H,4-10H2,1-3H3,(H,18,22)/t11-,12-,13-,14+/m1/s1. The first kappa shape index (κ1) is 16.7. The summed E-state index contributed by atoms with van der Waals surface area (Å²) in [6.07, 6.45) is 3.05. The van der Waals surface area contributed by atoms with Gasteiger partial charge in [0.05, 0.1) is 18.1 Å². The number of likely N-dealkylation sites (tertiary alicyclic amines) is 1. The summed E-state index contributed by atoms with van der Waals surface area (Å²) < 4.78 is 5.75. The molecule has 23 heavy (non-hydrogen) atoms. The average Bonchev–Trinajstić information content (AvgIpc) is 3.26. The highest BCUT2D eigenvalue weighted by atomic mass is 16.5. The van der Waals surface area contributed by atoms with Crippen LogP contribution in [0.1, 0.15) is 40.0 Å². The van der Waals surface area contributed by atoms with E-state index in [1.54, 1.807) is 0 Å². The van der Waals surface area contributed by atoms with Gasteiger partial charge in [-0.3, -0.25) is 14.5 Å². The molecular formula is C17H29N3O3. The molecule has 130 valence electrons. The first-order valence-corrected chi connectivity index (χ1v) is 8.90. The van der Waals surface area contributed by atoms with Crippen LogP contribution in [-0.4, -0.2) is 72.1 Å². The summed E-state index contributed by atoms with van der Waals surface area (Å²) in [6.45, 7) is 9.36. The van der Waals surface area contributed by atoms with Gasteiger partial charge in [0.2, 0.25) is 11.8 Å². The van der Waals surface area contributed by atoms with Gasteiger partial charge in [0.25, 0.3) is 0 Å². The van der Waals surface area contributed by atoms with Crippen LogP contribution in [0.3, 0.4) is 0 Å². The molecule has 1 aliphatic carbocycles. The van der Waals surface area contributed by atoms with Gasteiger partial charge < -0.3 is 15.0 Å². The van der Waals surface area contributed by atoms with E-state index in [0.717, 1.165) is 25.9 Å². The number of morpholine rings is 1. The van der Waals surface area contributed by atoms with Gasteiger partial charge in [0, 0.05) is 44.7 Å². The highest BCUT2D eigenvalue weighted by Crippen LogP contribution is 2.32. The van der Waals surface area contributed by atoms with E-state index >= 15 is 0 Å². The maximum absolute atomic E-state index is 12.4. The molecule has 2 aliphatic heterocycles. The Kier molecular flexibility index (Phi) is 4.92. The van der Waals surface area contributed by atoms with Crippen LogP contribution in [0.4, 0.5) is 0 Å². The maximum atomic E-state index is 12.4. The molecule has 2 amide bonds. The zero-order chi connectivity index (χ0) is 16.6. The third kappa shape index (κ3) is 4.04. The molecule has 0 radical (unpaired) electrons. The van der Waals surface area contributed by atoms with E-state index in [1.165, 1.54) is 0 Å². The predicted octanol–water partition coefficient (Wildman–Crippen LogP) is 0.611. The van der Waals surface area contributed by atoms with Crippen LogP contribution < -0.4 is 5.32 Å². The van der Waals surface area contributed by atoms with Crippen molar-refractivity contribution in [2.24, 2.45) is 5.92 Å². The van der Waals surface area contributed by atoms with Crippen LogP contribution in [-0.2, 0) is 14.3 Å². The minimum atomic E-state index is -0.169. The minimum Gasteiger partial charge on any atom is -0.373 e. The first-order chi connectivity index (χ1) is 10.9. The van der Waals surface area contributed by atoms with Crippen LogP contribution in [0.15, 0.2) is 0 Å². The molecule has 2 saturated heterocycles. The number of hydrogen-bond acceptors (Lipinski definition) is 4. The van der Waals surface area contributed by atoms with E-state index < -0.39 is 0 Å².